The van der Waals surface area contributed by atoms with Crippen molar-refractivity contribution in [1.82, 2.24) is 0 Å². The summed E-state index contributed by atoms with van der Waals surface area (Å²) in [5.74, 6) is -2.06. The van der Waals surface area contributed by atoms with Crippen LogP contribution in [0.5, 0.6) is 0 Å². The van der Waals surface area contributed by atoms with Crippen LogP contribution in [0.2, 0.25) is 5.02 Å². The van der Waals surface area contributed by atoms with Gasteiger partial charge in [-0.05, 0) is 35.4 Å². The Kier molecular flexibility index (Phi) is 3.59. The molecule has 0 saturated carbocycles. The van der Waals surface area contributed by atoms with Crippen molar-refractivity contribution in [3.63, 3.8) is 0 Å². The topological polar surface area (TPSA) is 26.0 Å². The number of benzene rings is 2. The van der Waals surface area contributed by atoms with Gasteiger partial charge in [-0.25, -0.2) is 13.2 Å². The molecule has 0 aromatic heterocycles. The Morgan fingerprint density at radius 2 is 1.44 bits per heavy atom. The van der Waals surface area contributed by atoms with Gasteiger partial charge in [0.15, 0.2) is 0 Å². The van der Waals surface area contributed by atoms with Crippen LogP contribution in [0.15, 0.2) is 30.3 Å². The summed E-state index contributed by atoms with van der Waals surface area (Å²) in [6.45, 7) is -0.0392. The quantitative estimate of drug-likeness (QED) is 0.881. The van der Waals surface area contributed by atoms with E-state index in [9.17, 15) is 13.2 Å². The molecule has 2 aromatic rings. The third-order valence-electron chi connectivity index (χ3n) is 2.54. The minimum absolute atomic E-state index is 0.0392. The van der Waals surface area contributed by atoms with Crippen molar-refractivity contribution in [2.24, 2.45) is 5.73 Å². The molecule has 0 atom stereocenters. The molecule has 0 spiro atoms. The summed E-state index contributed by atoms with van der Waals surface area (Å²) < 4.78 is 39.8. The molecular weight excluding hydrogens is 263 g/mol. The fraction of sp³-hybridized carbons (Fsp3) is 0.0769. The molecule has 0 saturated heterocycles. The molecule has 0 radical (unpaired) electrons. The molecule has 2 rings (SSSR count). The highest BCUT2D eigenvalue weighted by Gasteiger charge is 2.10. The molecule has 0 aliphatic carbocycles. The van der Waals surface area contributed by atoms with Gasteiger partial charge in [0.2, 0.25) is 0 Å². The van der Waals surface area contributed by atoms with E-state index in [0.717, 1.165) is 24.3 Å². The van der Waals surface area contributed by atoms with Crippen LogP contribution in [0.3, 0.4) is 0 Å². The normalized spacial score (nSPS) is 10.7. The smallest absolute Gasteiger partial charge is 0.129 e. The van der Waals surface area contributed by atoms with Crippen molar-refractivity contribution in [3.8, 4) is 11.1 Å². The summed E-state index contributed by atoms with van der Waals surface area (Å²) in [4.78, 5) is 0. The standard InChI is InChI=1S/C13H9ClF3N/c14-12-3-8(4-13(17)11(12)6-18)7-1-9(15)5-10(16)2-7/h1-5H,6,18H2. The van der Waals surface area contributed by atoms with Gasteiger partial charge in [0.1, 0.15) is 17.5 Å². The van der Waals surface area contributed by atoms with E-state index in [1.165, 1.54) is 6.07 Å². The molecule has 0 aliphatic rings. The van der Waals surface area contributed by atoms with Gasteiger partial charge in [0.25, 0.3) is 0 Å². The van der Waals surface area contributed by atoms with E-state index >= 15 is 0 Å². The average molecular weight is 272 g/mol. The first-order chi connectivity index (χ1) is 8.51. The van der Waals surface area contributed by atoms with Crippen LogP contribution in [0.1, 0.15) is 5.56 Å². The second-order valence-corrected chi connectivity index (χ2v) is 4.19. The first kappa shape index (κ1) is 12.9. The maximum absolute atomic E-state index is 13.6. The van der Waals surface area contributed by atoms with Gasteiger partial charge in [-0.2, -0.15) is 0 Å². The molecule has 18 heavy (non-hydrogen) atoms. The van der Waals surface area contributed by atoms with Gasteiger partial charge in [-0.3, -0.25) is 0 Å². The van der Waals surface area contributed by atoms with Crippen molar-refractivity contribution in [3.05, 3.63) is 58.4 Å². The van der Waals surface area contributed by atoms with Gasteiger partial charge in [-0.1, -0.05) is 11.6 Å². The zero-order valence-corrected chi connectivity index (χ0v) is 9.94. The van der Waals surface area contributed by atoms with Crippen LogP contribution >= 0.6 is 11.6 Å². The highest BCUT2D eigenvalue weighted by atomic mass is 35.5. The minimum atomic E-state index is -0.732. The Morgan fingerprint density at radius 3 is 1.94 bits per heavy atom. The number of halogens is 4. The van der Waals surface area contributed by atoms with Gasteiger partial charge < -0.3 is 5.73 Å². The van der Waals surface area contributed by atoms with E-state index in [2.05, 4.69) is 0 Å². The van der Waals surface area contributed by atoms with E-state index in [0.29, 0.717) is 5.56 Å². The fourth-order valence-electron chi connectivity index (χ4n) is 1.69. The zero-order chi connectivity index (χ0) is 13.3. The van der Waals surface area contributed by atoms with E-state index in [1.807, 2.05) is 0 Å². The third-order valence-corrected chi connectivity index (χ3v) is 2.88. The van der Waals surface area contributed by atoms with Crippen molar-refractivity contribution in [2.45, 2.75) is 6.54 Å². The summed E-state index contributed by atoms with van der Waals surface area (Å²) in [6.07, 6.45) is 0. The number of nitrogens with two attached hydrogens (primary N) is 1. The van der Waals surface area contributed by atoms with Crippen LogP contribution in [0.4, 0.5) is 13.2 Å². The van der Waals surface area contributed by atoms with Crippen LogP contribution in [0, 0.1) is 17.5 Å². The molecule has 94 valence electrons. The van der Waals surface area contributed by atoms with Crippen LogP contribution in [-0.2, 0) is 6.54 Å². The maximum Gasteiger partial charge on any atom is 0.129 e. The molecule has 0 aliphatic heterocycles. The summed E-state index contributed by atoms with van der Waals surface area (Å²) in [5, 5.41) is 0.136. The summed E-state index contributed by atoms with van der Waals surface area (Å²) in [6, 6.07) is 5.55. The SMILES string of the molecule is NCc1c(F)cc(-c2cc(F)cc(F)c2)cc1Cl. The molecule has 2 N–H and O–H groups in total. The average Bonchev–Trinajstić information content (AvgIpc) is 2.27. The largest absolute Gasteiger partial charge is 0.326 e. The molecule has 1 nitrogen and oxygen atoms in total. The number of hydrogen-bond donors (Lipinski definition) is 1. The summed E-state index contributed by atoms with van der Waals surface area (Å²) in [5.41, 5.74) is 6.04. The molecule has 2 aromatic carbocycles. The molecule has 0 amide bonds. The third kappa shape index (κ3) is 2.49. The highest BCUT2D eigenvalue weighted by Crippen LogP contribution is 2.28. The Morgan fingerprint density at radius 1 is 0.889 bits per heavy atom. The Balaban J connectivity index is 2.58. The molecule has 0 bridgehead atoms. The molecule has 0 unspecified atom stereocenters. The lowest BCUT2D eigenvalue weighted by atomic mass is 10.0. The Labute approximate surface area is 107 Å². The lowest BCUT2D eigenvalue weighted by Gasteiger charge is -2.08. The number of rotatable bonds is 2. The maximum atomic E-state index is 13.6. The predicted octanol–water partition coefficient (Wildman–Crippen LogP) is 3.88. The van der Waals surface area contributed by atoms with Crippen molar-refractivity contribution >= 4 is 11.6 Å². The van der Waals surface area contributed by atoms with E-state index in [1.54, 1.807) is 0 Å². The predicted molar refractivity (Wildman–Crippen MR) is 64.7 cm³/mol. The van der Waals surface area contributed by atoms with Crippen molar-refractivity contribution in [1.29, 1.82) is 0 Å². The molecular formula is C13H9ClF3N. The van der Waals surface area contributed by atoms with E-state index in [4.69, 9.17) is 17.3 Å². The van der Waals surface area contributed by atoms with E-state index < -0.39 is 17.5 Å². The van der Waals surface area contributed by atoms with Gasteiger partial charge >= 0.3 is 0 Å². The second kappa shape index (κ2) is 5.00. The van der Waals surface area contributed by atoms with Crippen molar-refractivity contribution in [2.75, 3.05) is 0 Å². The first-order valence-corrected chi connectivity index (χ1v) is 5.53. The number of hydrogen-bond acceptors (Lipinski definition) is 1. The minimum Gasteiger partial charge on any atom is -0.326 e. The summed E-state index contributed by atoms with van der Waals surface area (Å²) in [7, 11) is 0. The Bertz CT molecular complexity index is 556. The zero-order valence-electron chi connectivity index (χ0n) is 9.18. The lowest BCUT2D eigenvalue weighted by Crippen LogP contribution is -2.01. The lowest BCUT2D eigenvalue weighted by molar-refractivity contribution is 0.584. The van der Waals surface area contributed by atoms with Gasteiger partial charge in [-0.15, -0.1) is 0 Å². The second-order valence-electron chi connectivity index (χ2n) is 3.78. The van der Waals surface area contributed by atoms with Crippen LogP contribution in [-0.4, -0.2) is 0 Å². The molecule has 5 heteroatoms. The van der Waals surface area contributed by atoms with Crippen LogP contribution < -0.4 is 5.73 Å². The molecule has 0 fully saturated rings. The Hall–Kier alpha value is -1.52. The first-order valence-electron chi connectivity index (χ1n) is 5.15. The van der Waals surface area contributed by atoms with Crippen molar-refractivity contribution < 1.29 is 13.2 Å². The fourth-order valence-corrected chi connectivity index (χ4v) is 1.97. The van der Waals surface area contributed by atoms with Gasteiger partial charge in [0, 0.05) is 23.2 Å². The summed E-state index contributed by atoms with van der Waals surface area (Å²) >= 11 is 5.86. The monoisotopic (exact) mass is 271 g/mol. The van der Waals surface area contributed by atoms with Crippen LogP contribution in [0.25, 0.3) is 11.1 Å². The molecule has 0 heterocycles. The van der Waals surface area contributed by atoms with E-state index in [-0.39, 0.29) is 22.7 Å². The van der Waals surface area contributed by atoms with Gasteiger partial charge in [0.05, 0.1) is 0 Å². The highest BCUT2D eigenvalue weighted by molar-refractivity contribution is 6.31.